The van der Waals surface area contributed by atoms with Crippen molar-refractivity contribution in [3.63, 3.8) is 0 Å². The zero-order chi connectivity index (χ0) is 16.6. The van der Waals surface area contributed by atoms with Crippen LogP contribution < -0.4 is 5.69 Å². The number of aromatic hydroxyl groups is 1. The Kier molecular flexibility index (Phi) is 3.80. The SMILES string of the molecule is Cc1cccc(-c2ccc([C@@H](O)n3c(O)c(C)[nH]c3=O)cc2)c1. The summed E-state index contributed by atoms with van der Waals surface area (Å²) in [5.74, 6) is -0.259. The maximum Gasteiger partial charge on any atom is 0.331 e. The molecule has 5 nitrogen and oxygen atoms in total. The number of aryl methyl sites for hydroxylation is 2. The molecule has 0 bridgehead atoms. The molecule has 0 saturated carbocycles. The Labute approximate surface area is 133 Å². The smallest absolute Gasteiger partial charge is 0.331 e. The molecule has 0 spiro atoms. The van der Waals surface area contributed by atoms with Gasteiger partial charge in [-0.15, -0.1) is 0 Å². The van der Waals surface area contributed by atoms with Gasteiger partial charge in [0.15, 0.2) is 6.23 Å². The lowest BCUT2D eigenvalue weighted by Crippen LogP contribution is -2.22. The molecule has 0 aliphatic carbocycles. The number of hydrogen-bond donors (Lipinski definition) is 3. The lowest BCUT2D eigenvalue weighted by Gasteiger charge is -2.13. The van der Waals surface area contributed by atoms with E-state index >= 15 is 0 Å². The number of aliphatic hydroxyl groups is 1. The van der Waals surface area contributed by atoms with E-state index in [9.17, 15) is 15.0 Å². The highest BCUT2D eigenvalue weighted by molar-refractivity contribution is 5.64. The fourth-order valence-corrected chi connectivity index (χ4v) is 2.60. The van der Waals surface area contributed by atoms with Crippen LogP contribution in [0, 0.1) is 13.8 Å². The van der Waals surface area contributed by atoms with E-state index in [1.165, 1.54) is 5.56 Å². The van der Waals surface area contributed by atoms with E-state index in [0.717, 1.165) is 15.7 Å². The van der Waals surface area contributed by atoms with Crippen LogP contribution in [0.4, 0.5) is 0 Å². The van der Waals surface area contributed by atoms with Gasteiger partial charge in [-0.05, 0) is 25.0 Å². The zero-order valence-corrected chi connectivity index (χ0v) is 12.9. The van der Waals surface area contributed by atoms with Crippen molar-refractivity contribution in [2.24, 2.45) is 0 Å². The number of aromatic amines is 1. The summed E-state index contributed by atoms with van der Waals surface area (Å²) in [4.78, 5) is 14.3. The summed E-state index contributed by atoms with van der Waals surface area (Å²) in [5, 5.41) is 20.2. The van der Waals surface area contributed by atoms with E-state index < -0.39 is 11.9 Å². The van der Waals surface area contributed by atoms with Crippen molar-refractivity contribution in [1.82, 2.24) is 9.55 Å². The molecular formula is C18H18N2O3. The molecule has 0 unspecified atom stereocenters. The van der Waals surface area contributed by atoms with Crippen LogP contribution in [0.2, 0.25) is 0 Å². The number of imidazole rings is 1. The van der Waals surface area contributed by atoms with Crippen LogP contribution in [0.5, 0.6) is 5.88 Å². The van der Waals surface area contributed by atoms with E-state index in [1.807, 2.05) is 37.3 Å². The van der Waals surface area contributed by atoms with Crippen LogP contribution in [0.3, 0.4) is 0 Å². The Morgan fingerprint density at radius 2 is 1.74 bits per heavy atom. The van der Waals surface area contributed by atoms with E-state index in [0.29, 0.717) is 11.3 Å². The normalized spacial score (nSPS) is 12.3. The average Bonchev–Trinajstić information content (AvgIpc) is 2.79. The molecule has 3 aromatic rings. The second kappa shape index (κ2) is 5.78. The van der Waals surface area contributed by atoms with Crippen LogP contribution in [0.1, 0.15) is 23.0 Å². The summed E-state index contributed by atoms with van der Waals surface area (Å²) in [7, 11) is 0. The van der Waals surface area contributed by atoms with E-state index in [-0.39, 0.29) is 5.88 Å². The minimum Gasteiger partial charge on any atom is -0.493 e. The van der Waals surface area contributed by atoms with Crippen LogP contribution in [-0.2, 0) is 0 Å². The van der Waals surface area contributed by atoms with E-state index in [1.54, 1.807) is 19.1 Å². The second-order valence-corrected chi connectivity index (χ2v) is 5.61. The van der Waals surface area contributed by atoms with Crippen LogP contribution >= 0.6 is 0 Å². The highest BCUT2D eigenvalue weighted by Gasteiger charge is 2.18. The van der Waals surface area contributed by atoms with Crippen molar-refractivity contribution in [2.45, 2.75) is 20.1 Å². The largest absolute Gasteiger partial charge is 0.493 e. The van der Waals surface area contributed by atoms with Gasteiger partial charge in [0.1, 0.15) is 0 Å². The van der Waals surface area contributed by atoms with Gasteiger partial charge < -0.3 is 15.2 Å². The van der Waals surface area contributed by atoms with Crippen LogP contribution in [-0.4, -0.2) is 19.8 Å². The molecule has 0 aliphatic heterocycles. The third-order valence-electron chi connectivity index (χ3n) is 3.88. The maximum atomic E-state index is 11.8. The summed E-state index contributed by atoms with van der Waals surface area (Å²) in [6.45, 7) is 3.60. The Bertz CT molecular complexity index is 891. The topological polar surface area (TPSA) is 78.2 Å². The lowest BCUT2D eigenvalue weighted by atomic mass is 10.0. The number of H-pyrrole nitrogens is 1. The highest BCUT2D eigenvalue weighted by Crippen LogP contribution is 2.25. The first-order valence-electron chi connectivity index (χ1n) is 7.32. The summed E-state index contributed by atoms with van der Waals surface area (Å²) < 4.78 is 0.928. The van der Waals surface area contributed by atoms with Crippen molar-refractivity contribution in [3.8, 4) is 17.0 Å². The maximum absolute atomic E-state index is 11.8. The highest BCUT2D eigenvalue weighted by atomic mass is 16.3. The molecule has 118 valence electrons. The van der Waals surface area contributed by atoms with Gasteiger partial charge in [-0.2, -0.15) is 0 Å². The number of hydrogen-bond acceptors (Lipinski definition) is 3. The van der Waals surface area contributed by atoms with Crippen molar-refractivity contribution < 1.29 is 10.2 Å². The van der Waals surface area contributed by atoms with E-state index in [4.69, 9.17) is 0 Å². The zero-order valence-electron chi connectivity index (χ0n) is 12.9. The third kappa shape index (κ3) is 2.78. The van der Waals surface area contributed by atoms with Gasteiger partial charge in [-0.25, -0.2) is 9.36 Å². The summed E-state index contributed by atoms with van der Waals surface area (Å²) >= 11 is 0. The predicted molar refractivity (Wildman–Crippen MR) is 88.4 cm³/mol. The van der Waals surface area contributed by atoms with Gasteiger partial charge in [0, 0.05) is 5.56 Å². The molecule has 3 rings (SSSR count). The van der Waals surface area contributed by atoms with Gasteiger partial charge in [-0.3, -0.25) is 0 Å². The molecule has 0 fully saturated rings. The number of nitrogens with zero attached hydrogens (tertiary/aromatic N) is 1. The van der Waals surface area contributed by atoms with E-state index in [2.05, 4.69) is 11.1 Å². The molecule has 0 amide bonds. The van der Waals surface area contributed by atoms with Crippen molar-refractivity contribution in [1.29, 1.82) is 0 Å². The minimum atomic E-state index is -1.24. The molecule has 1 heterocycles. The van der Waals surface area contributed by atoms with Crippen molar-refractivity contribution >= 4 is 0 Å². The number of aliphatic hydroxyl groups excluding tert-OH is 1. The molecule has 0 radical (unpaired) electrons. The van der Waals surface area contributed by atoms with Gasteiger partial charge >= 0.3 is 5.69 Å². The first kappa shape index (κ1) is 15.1. The molecule has 3 N–H and O–H groups in total. The first-order valence-corrected chi connectivity index (χ1v) is 7.32. The van der Waals surface area contributed by atoms with Crippen molar-refractivity contribution in [3.05, 3.63) is 75.8 Å². The Morgan fingerprint density at radius 3 is 2.30 bits per heavy atom. The van der Waals surface area contributed by atoms with Gasteiger partial charge in [0.05, 0.1) is 5.69 Å². The Morgan fingerprint density at radius 1 is 1.04 bits per heavy atom. The number of aromatic nitrogens is 2. The Hall–Kier alpha value is -2.79. The monoisotopic (exact) mass is 310 g/mol. The molecule has 0 aliphatic rings. The minimum absolute atomic E-state index is 0.259. The number of benzene rings is 2. The first-order chi connectivity index (χ1) is 11.0. The summed E-state index contributed by atoms with van der Waals surface area (Å²) in [6.07, 6.45) is -1.24. The number of rotatable bonds is 3. The van der Waals surface area contributed by atoms with Gasteiger partial charge in [0.2, 0.25) is 5.88 Å². The third-order valence-corrected chi connectivity index (χ3v) is 3.88. The Balaban J connectivity index is 1.94. The molecule has 0 saturated heterocycles. The molecule has 1 atom stereocenters. The fraction of sp³-hybridized carbons (Fsp3) is 0.167. The molecule has 2 aromatic carbocycles. The predicted octanol–water partition coefficient (Wildman–Crippen LogP) is 2.71. The average molecular weight is 310 g/mol. The van der Waals surface area contributed by atoms with Crippen LogP contribution in [0.15, 0.2) is 53.3 Å². The summed E-state index contributed by atoms with van der Waals surface area (Å²) in [5.41, 5.74) is 3.58. The van der Waals surface area contributed by atoms with Crippen molar-refractivity contribution in [2.75, 3.05) is 0 Å². The quantitative estimate of drug-likeness (QED) is 0.696. The summed E-state index contributed by atoms with van der Waals surface area (Å²) in [6, 6.07) is 15.4. The fourth-order valence-electron chi connectivity index (χ4n) is 2.60. The van der Waals surface area contributed by atoms with Gasteiger partial charge in [0.25, 0.3) is 0 Å². The van der Waals surface area contributed by atoms with Crippen LogP contribution in [0.25, 0.3) is 11.1 Å². The molecule has 1 aromatic heterocycles. The molecule has 5 heteroatoms. The molecular weight excluding hydrogens is 292 g/mol. The number of nitrogens with one attached hydrogen (secondary N) is 1. The molecule has 23 heavy (non-hydrogen) atoms. The second-order valence-electron chi connectivity index (χ2n) is 5.61. The lowest BCUT2D eigenvalue weighted by molar-refractivity contribution is 0.132. The standard InChI is InChI=1S/C18H18N2O3/c1-11-4-3-5-15(10-11)13-6-8-14(9-7-13)17(22)20-16(21)12(2)19-18(20)23/h3-10,17,21-22H,1-2H3,(H,19,23)/t17-/m1/s1. The van der Waals surface area contributed by atoms with Gasteiger partial charge in [-0.1, -0.05) is 54.1 Å².